The van der Waals surface area contributed by atoms with Gasteiger partial charge in [-0.1, -0.05) is 42.5 Å². The second kappa shape index (κ2) is 13.7. The number of carbonyl (C=O) groups is 2. The van der Waals surface area contributed by atoms with Gasteiger partial charge < -0.3 is 19.5 Å². The van der Waals surface area contributed by atoms with Crippen LogP contribution in [0.2, 0.25) is 0 Å². The van der Waals surface area contributed by atoms with Crippen molar-refractivity contribution in [2.45, 2.75) is 24.0 Å². The molecule has 0 bridgehead atoms. The van der Waals surface area contributed by atoms with Crippen molar-refractivity contribution in [2.75, 3.05) is 53.5 Å². The largest absolute Gasteiger partial charge is 0.507 e. The SMILES string of the molecule is CN(C)S(=O)(=O)c1ccc(C(O)=C2C(=O)C(=O)N(CCCN3CCOCC3)[C@@H]2c2ccc(OCc3ccccc3)cc2)cc1. The Balaban J connectivity index is 1.44. The van der Waals surface area contributed by atoms with Gasteiger partial charge in [-0.3, -0.25) is 14.5 Å². The fraction of sp³-hybridized carbons (Fsp3) is 0.333. The maximum absolute atomic E-state index is 13.5. The zero-order chi connectivity index (χ0) is 31.3. The molecule has 3 aromatic rings. The highest BCUT2D eigenvalue weighted by Crippen LogP contribution is 2.40. The van der Waals surface area contributed by atoms with Crippen LogP contribution in [-0.4, -0.2) is 92.8 Å². The van der Waals surface area contributed by atoms with Crippen LogP contribution in [-0.2, 0) is 31.0 Å². The highest BCUT2D eigenvalue weighted by atomic mass is 32.2. The lowest BCUT2D eigenvalue weighted by Crippen LogP contribution is -2.38. The molecule has 0 unspecified atom stereocenters. The minimum Gasteiger partial charge on any atom is -0.507 e. The lowest BCUT2D eigenvalue weighted by atomic mass is 9.95. The van der Waals surface area contributed by atoms with Gasteiger partial charge in [-0.25, -0.2) is 12.7 Å². The van der Waals surface area contributed by atoms with Crippen LogP contribution < -0.4 is 4.74 Å². The summed E-state index contributed by atoms with van der Waals surface area (Å²) < 4.78 is 37.5. The predicted octanol–water partition coefficient (Wildman–Crippen LogP) is 3.66. The molecule has 44 heavy (non-hydrogen) atoms. The topological polar surface area (TPSA) is 117 Å². The Morgan fingerprint density at radius 3 is 2.23 bits per heavy atom. The van der Waals surface area contributed by atoms with E-state index in [-0.39, 0.29) is 21.8 Å². The Kier molecular flexibility index (Phi) is 9.80. The fourth-order valence-corrected chi connectivity index (χ4v) is 6.29. The van der Waals surface area contributed by atoms with Crippen molar-refractivity contribution in [3.05, 3.63) is 101 Å². The van der Waals surface area contributed by atoms with E-state index in [1.54, 1.807) is 24.3 Å². The number of rotatable bonds is 11. The number of amides is 1. The van der Waals surface area contributed by atoms with Crippen molar-refractivity contribution in [2.24, 2.45) is 0 Å². The van der Waals surface area contributed by atoms with Crippen LogP contribution in [0.5, 0.6) is 5.75 Å². The van der Waals surface area contributed by atoms with Gasteiger partial charge in [0, 0.05) is 45.8 Å². The van der Waals surface area contributed by atoms with Gasteiger partial charge in [0.1, 0.15) is 18.1 Å². The first-order valence-corrected chi connectivity index (χ1v) is 16.0. The van der Waals surface area contributed by atoms with Gasteiger partial charge >= 0.3 is 0 Å². The maximum atomic E-state index is 13.5. The molecule has 1 atom stereocenters. The number of likely N-dealkylation sites (tertiary alicyclic amines) is 1. The van der Waals surface area contributed by atoms with E-state index in [0.29, 0.717) is 44.1 Å². The van der Waals surface area contributed by atoms with E-state index in [0.717, 1.165) is 29.5 Å². The minimum absolute atomic E-state index is 0.0393. The number of nitrogens with zero attached hydrogens (tertiary/aromatic N) is 3. The number of Topliss-reactive ketones (excluding diaryl/α,β-unsaturated/α-hetero) is 1. The summed E-state index contributed by atoms with van der Waals surface area (Å²) in [6.45, 7) is 4.40. The first-order chi connectivity index (χ1) is 21.2. The molecule has 11 heteroatoms. The third-order valence-electron chi connectivity index (χ3n) is 7.87. The summed E-state index contributed by atoms with van der Waals surface area (Å²) in [5, 5.41) is 11.4. The van der Waals surface area contributed by atoms with Crippen molar-refractivity contribution >= 4 is 27.5 Å². The Morgan fingerprint density at radius 1 is 0.932 bits per heavy atom. The molecular formula is C33H37N3O7S. The summed E-state index contributed by atoms with van der Waals surface area (Å²) in [5.41, 5.74) is 1.87. The highest BCUT2D eigenvalue weighted by molar-refractivity contribution is 7.89. The van der Waals surface area contributed by atoms with E-state index in [9.17, 15) is 23.1 Å². The lowest BCUT2D eigenvalue weighted by molar-refractivity contribution is -0.140. The summed E-state index contributed by atoms with van der Waals surface area (Å²) in [4.78, 5) is 30.7. The molecule has 3 aromatic carbocycles. The average molecular weight is 620 g/mol. The number of morpholine rings is 1. The van der Waals surface area contributed by atoms with Gasteiger partial charge in [0.25, 0.3) is 11.7 Å². The summed E-state index contributed by atoms with van der Waals surface area (Å²) >= 11 is 0. The van der Waals surface area contributed by atoms with Gasteiger partial charge in [-0.15, -0.1) is 0 Å². The molecule has 10 nitrogen and oxygen atoms in total. The van der Waals surface area contributed by atoms with Gasteiger partial charge in [-0.05, 0) is 53.9 Å². The molecule has 5 rings (SSSR count). The van der Waals surface area contributed by atoms with E-state index in [1.807, 2.05) is 30.3 Å². The number of ether oxygens (including phenoxy) is 2. The molecule has 2 saturated heterocycles. The second-order valence-corrected chi connectivity index (χ2v) is 13.1. The fourth-order valence-electron chi connectivity index (χ4n) is 5.38. The van der Waals surface area contributed by atoms with Crippen molar-refractivity contribution in [3.8, 4) is 5.75 Å². The van der Waals surface area contributed by atoms with Crippen molar-refractivity contribution in [3.63, 3.8) is 0 Å². The molecule has 2 aliphatic heterocycles. The third kappa shape index (κ3) is 6.86. The van der Waals surface area contributed by atoms with Gasteiger partial charge in [0.05, 0.1) is 29.7 Å². The summed E-state index contributed by atoms with van der Waals surface area (Å²) in [6, 6.07) is 21.7. The molecule has 0 aliphatic carbocycles. The number of hydrogen-bond acceptors (Lipinski definition) is 8. The zero-order valence-electron chi connectivity index (χ0n) is 24.9. The minimum atomic E-state index is -3.68. The normalized spacial score (nSPS) is 19.1. The van der Waals surface area contributed by atoms with Crippen LogP contribution in [0.1, 0.15) is 29.2 Å². The monoisotopic (exact) mass is 619 g/mol. The van der Waals surface area contributed by atoms with E-state index < -0.39 is 27.8 Å². The number of hydrogen-bond donors (Lipinski definition) is 1. The van der Waals surface area contributed by atoms with Crippen molar-refractivity contribution < 1.29 is 32.6 Å². The van der Waals surface area contributed by atoms with Crippen molar-refractivity contribution in [1.29, 1.82) is 0 Å². The van der Waals surface area contributed by atoms with E-state index in [2.05, 4.69) is 4.90 Å². The maximum Gasteiger partial charge on any atom is 0.295 e. The molecule has 2 fully saturated rings. The quantitative estimate of drug-likeness (QED) is 0.196. The second-order valence-electron chi connectivity index (χ2n) is 11.0. The standard InChI is InChI=1S/C33H37N3O7S/c1-34(2)44(40,41)28-15-11-26(12-16-28)31(37)29-30(25-9-13-27(14-10-25)43-23-24-7-4-3-5-8-24)36(33(39)32(29)38)18-6-17-35-19-21-42-22-20-35/h3-5,7-16,30,37H,6,17-23H2,1-2H3/t30-/m1/s1. The van der Waals surface area contributed by atoms with E-state index in [1.165, 1.54) is 43.3 Å². The Morgan fingerprint density at radius 2 is 1.59 bits per heavy atom. The average Bonchev–Trinajstić information content (AvgIpc) is 3.29. The number of aliphatic hydroxyl groups is 1. The Bertz CT molecular complexity index is 1600. The summed E-state index contributed by atoms with van der Waals surface area (Å²) in [5.74, 6) is -1.20. The number of ketones is 1. The van der Waals surface area contributed by atoms with Gasteiger partial charge in [-0.2, -0.15) is 0 Å². The molecular weight excluding hydrogens is 582 g/mol. The number of aliphatic hydroxyl groups excluding tert-OH is 1. The van der Waals surface area contributed by atoms with Crippen molar-refractivity contribution in [1.82, 2.24) is 14.1 Å². The number of carbonyl (C=O) groups excluding carboxylic acids is 2. The first kappa shape index (κ1) is 31.4. The molecule has 232 valence electrons. The molecule has 1 amide bonds. The first-order valence-electron chi connectivity index (χ1n) is 14.5. The third-order valence-corrected chi connectivity index (χ3v) is 9.70. The zero-order valence-corrected chi connectivity index (χ0v) is 25.7. The highest BCUT2D eigenvalue weighted by Gasteiger charge is 2.45. The molecule has 0 spiro atoms. The van der Waals surface area contributed by atoms with Crippen LogP contribution in [0, 0.1) is 0 Å². The molecule has 0 radical (unpaired) electrons. The van der Waals surface area contributed by atoms with Crippen LogP contribution in [0.3, 0.4) is 0 Å². The summed E-state index contributed by atoms with van der Waals surface area (Å²) in [7, 11) is -0.820. The predicted molar refractivity (Wildman–Crippen MR) is 165 cm³/mol. The molecule has 0 saturated carbocycles. The van der Waals surface area contributed by atoms with Crippen LogP contribution in [0.25, 0.3) is 5.76 Å². The van der Waals surface area contributed by atoms with Gasteiger partial charge in [0.2, 0.25) is 10.0 Å². The van der Waals surface area contributed by atoms with Crippen LogP contribution in [0.15, 0.2) is 89.3 Å². The number of benzene rings is 3. The van der Waals surface area contributed by atoms with E-state index >= 15 is 0 Å². The Hall–Kier alpha value is -4.03. The number of sulfonamides is 1. The van der Waals surface area contributed by atoms with Gasteiger partial charge in [0.15, 0.2) is 0 Å². The lowest BCUT2D eigenvalue weighted by Gasteiger charge is -2.29. The van der Waals surface area contributed by atoms with E-state index in [4.69, 9.17) is 9.47 Å². The molecule has 2 heterocycles. The molecule has 0 aromatic heterocycles. The smallest absolute Gasteiger partial charge is 0.295 e. The Labute approximate surface area is 258 Å². The molecule has 2 aliphatic rings. The molecule has 1 N–H and O–H groups in total. The summed E-state index contributed by atoms with van der Waals surface area (Å²) in [6.07, 6.45) is 0.638. The van der Waals surface area contributed by atoms with Crippen LogP contribution >= 0.6 is 0 Å². The van der Waals surface area contributed by atoms with Crippen LogP contribution in [0.4, 0.5) is 0 Å².